The molecule has 0 bridgehead atoms. The van der Waals surface area contributed by atoms with E-state index in [1.807, 2.05) is 0 Å². The predicted octanol–water partition coefficient (Wildman–Crippen LogP) is 2.00. The third-order valence-electron chi connectivity index (χ3n) is 2.01. The fourth-order valence-electron chi connectivity index (χ4n) is 1.10. The quantitative estimate of drug-likeness (QED) is 0.805. The number of anilines is 1. The van der Waals surface area contributed by atoms with Gasteiger partial charge in [-0.3, -0.25) is 4.79 Å². The van der Waals surface area contributed by atoms with Crippen molar-refractivity contribution >= 4 is 11.6 Å². The Morgan fingerprint density at radius 1 is 1.35 bits per heavy atom. The number of halogens is 4. The lowest BCUT2D eigenvalue weighted by atomic mass is 10.2. The Hall–Kier alpha value is -1.79. The molecule has 1 amide bonds. The monoisotopic (exact) mass is 250 g/mol. The molecule has 0 aromatic heterocycles. The molecule has 1 rings (SSSR count). The minimum Gasteiger partial charge on any atom is -0.374 e. The molecule has 0 aliphatic carbocycles. The fourth-order valence-corrected chi connectivity index (χ4v) is 1.10. The van der Waals surface area contributed by atoms with E-state index in [9.17, 15) is 22.4 Å². The summed E-state index contributed by atoms with van der Waals surface area (Å²) in [5.74, 6) is -1.45. The lowest BCUT2D eigenvalue weighted by Crippen LogP contribution is -2.26. The van der Waals surface area contributed by atoms with Crippen molar-refractivity contribution in [1.29, 1.82) is 0 Å². The molecule has 0 saturated heterocycles. The van der Waals surface area contributed by atoms with E-state index in [4.69, 9.17) is 0 Å². The number of hydrogen-bond donors (Lipinski definition) is 2. The average molecular weight is 250 g/mol. The van der Waals surface area contributed by atoms with Crippen molar-refractivity contribution in [2.24, 2.45) is 0 Å². The second kappa shape index (κ2) is 5.03. The molecule has 1 aromatic carbocycles. The molecular weight excluding hydrogens is 240 g/mol. The van der Waals surface area contributed by atoms with Crippen LogP contribution >= 0.6 is 0 Å². The average Bonchev–Trinajstić information content (AvgIpc) is 2.25. The van der Waals surface area contributed by atoms with Gasteiger partial charge in [-0.1, -0.05) is 0 Å². The van der Waals surface area contributed by atoms with E-state index >= 15 is 0 Å². The van der Waals surface area contributed by atoms with Gasteiger partial charge in [0, 0.05) is 7.05 Å². The summed E-state index contributed by atoms with van der Waals surface area (Å²) in [5, 5.41) is 4.67. The first kappa shape index (κ1) is 13.3. The third-order valence-corrected chi connectivity index (χ3v) is 2.01. The summed E-state index contributed by atoms with van der Waals surface area (Å²) in [7, 11) is 1.40. The number of benzene rings is 1. The summed E-state index contributed by atoms with van der Waals surface area (Å²) in [6, 6.07) is 2.07. The number of alkyl halides is 3. The van der Waals surface area contributed by atoms with E-state index in [1.54, 1.807) is 0 Å². The fraction of sp³-hybridized carbons (Fsp3) is 0.300. The lowest BCUT2D eigenvalue weighted by molar-refractivity contribution is -0.137. The van der Waals surface area contributed by atoms with Gasteiger partial charge in [0.05, 0.1) is 17.8 Å². The zero-order valence-electron chi connectivity index (χ0n) is 8.86. The molecule has 0 fully saturated rings. The van der Waals surface area contributed by atoms with E-state index in [0.717, 1.165) is 12.1 Å². The van der Waals surface area contributed by atoms with Crippen molar-refractivity contribution in [2.45, 2.75) is 6.18 Å². The normalized spacial score (nSPS) is 11.1. The van der Waals surface area contributed by atoms with Gasteiger partial charge >= 0.3 is 6.18 Å². The van der Waals surface area contributed by atoms with Gasteiger partial charge in [0.25, 0.3) is 0 Å². The van der Waals surface area contributed by atoms with Crippen LogP contribution in [0.2, 0.25) is 0 Å². The molecule has 0 atom stereocenters. The maximum Gasteiger partial charge on any atom is 0.416 e. The standard InChI is InChI=1S/C10H10F4N2O/c1-15-9(17)5-16-8-3-2-6(4-7(8)11)10(12,13)14/h2-4,16H,5H2,1H3,(H,15,17). The first-order chi connectivity index (χ1) is 7.84. The third kappa shape index (κ3) is 3.61. The molecule has 0 aliphatic rings. The molecule has 3 nitrogen and oxygen atoms in total. The second-order valence-corrected chi connectivity index (χ2v) is 3.22. The van der Waals surface area contributed by atoms with Crippen LogP contribution in [0.3, 0.4) is 0 Å². The largest absolute Gasteiger partial charge is 0.416 e. The summed E-state index contributed by atoms with van der Waals surface area (Å²) >= 11 is 0. The van der Waals surface area contributed by atoms with Gasteiger partial charge in [0.15, 0.2) is 0 Å². The smallest absolute Gasteiger partial charge is 0.374 e. The van der Waals surface area contributed by atoms with Crippen molar-refractivity contribution in [2.75, 3.05) is 18.9 Å². The molecule has 2 N–H and O–H groups in total. The van der Waals surface area contributed by atoms with Crippen molar-refractivity contribution in [3.8, 4) is 0 Å². The maximum absolute atomic E-state index is 13.2. The first-order valence-electron chi connectivity index (χ1n) is 4.66. The minimum absolute atomic E-state index is 0.151. The molecule has 0 spiro atoms. The number of likely N-dealkylation sites (N-methyl/N-ethyl adjacent to an activating group) is 1. The lowest BCUT2D eigenvalue weighted by Gasteiger charge is -2.10. The molecule has 0 unspecified atom stereocenters. The number of nitrogens with one attached hydrogen (secondary N) is 2. The van der Waals surface area contributed by atoms with Crippen LogP contribution in [-0.2, 0) is 11.0 Å². The van der Waals surface area contributed by atoms with Gasteiger partial charge in [0.2, 0.25) is 5.91 Å². The van der Waals surface area contributed by atoms with Gasteiger partial charge < -0.3 is 10.6 Å². The van der Waals surface area contributed by atoms with Crippen molar-refractivity contribution in [3.63, 3.8) is 0 Å². The Bertz CT molecular complexity index is 417. The van der Waals surface area contributed by atoms with E-state index < -0.39 is 23.5 Å². The van der Waals surface area contributed by atoms with E-state index in [0.29, 0.717) is 6.07 Å². The molecule has 0 aliphatic heterocycles. The molecule has 0 saturated carbocycles. The maximum atomic E-state index is 13.2. The Balaban J connectivity index is 2.80. The second-order valence-electron chi connectivity index (χ2n) is 3.22. The molecule has 17 heavy (non-hydrogen) atoms. The zero-order chi connectivity index (χ0) is 13.1. The van der Waals surface area contributed by atoms with E-state index in [2.05, 4.69) is 10.6 Å². The van der Waals surface area contributed by atoms with Crippen LogP contribution in [-0.4, -0.2) is 19.5 Å². The number of rotatable bonds is 3. The summed E-state index contributed by atoms with van der Waals surface area (Å²) in [6.45, 7) is -0.210. The highest BCUT2D eigenvalue weighted by atomic mass is 19.4. The topological polar surface area (TPSA) is 41.1 Å². The van der Waals surface area contributed by atoms with Crippen LogP contribution in [0.15, 0.2) is 18.2 Å². The van der Waals surface area contributed by atoms with Gasteiger partial charge in [-0.2, -0.15) is 13.2 Å². The molecule has 7 heteroatoms. The number of hydrogen-bond acceptors (Lipinski definition) is 2. The van der Waals surface area contributed by atoms with Crippen molar-refractivity contribution in [3.05, 3.63) is 29.6 Å². The minimum atomic E-state index is -4.58. The Labute approximate surface area is 94.8 Å². The summed E-state index contributed by atoms with van der Waals surface area (Å²) < 4.78 is 49.9. The van der Waals surface area contributed by atoms with Crippen LogP contribution in [0.1, 0.15) is 5.56 Å². The Kier molecular flexibility index (Phi) is 3.93. The van der Waals surface area contributed by atoms with Gasteiger partial charge in [-0.05, 0) is 18.2 Å². The van der Waals surface area contributed by atoms with Crippen LogP contribution in [0, 0.1) is 5.82 Å². The highest BCUT2D eigenvalue weighted by Gasteiger charge is 2.31. The van der Waals surface area contributed by atoms with Gasteiger partial charge in [0.1, 0.15) is 5.82 Å². The van der Waals surface area contributed by atoms with Crippen LogP contribution in [0.4, 0.5) is 23.2 Å². The number of amides is 1. The van der Waals surface area contributed by atoms with Crippen molar-refractivity contribution < 1.29 is 22.4 Å². The first-order valence-corrected chi connectivity index (χ1v) is 4.66. The Morgan fingerprint density at radius 3 is 2.47 bits per heavy atom. The van der Waals surface area contributed by atoms with Crippen LogP contribution < -0.4 is 10.6 Å². The van der Waals surface area contributed by atoms with Gasteiger partial charge in [-0.15, -0.1) is 0 Å². The van der Waals surface area contributed by atoms with Crippen molar-refractivity contribution in [1.82, 2.24) is 5.32 Å². The van der Waals surface area contributed by atoms with E-state index in [1.165, 1.54) is 7.05 Å². The number of carbonyl (C=O) groups excluding carboxylic acids is 1. The Morgan fingerprint density at radius 2 is 2.00 bits per heavy atom. The summed E-state index contributed by atoms with van der Waals surface area (Å²) in [5.41, 5.74) is -1.22. The van der Waals surface area contributed by atoms with Crippen LogP contribution in [0.5, 0.6) is 0 Å². The molecular formula is C10H10F4N2O. The SMILES string of the molecule is CNC(=O)CNc1ccc(C(F)(F)F)cc1F. The molecule has 0 radical (unpaired) electrons. The summed E-state index contributed by atoms with van der Waals surface area (Å²) in [6.07, 6.45) is -4.58. The highest BCUT2D eigenvalue weighted by Crippen LogP contribution is 2.31. The van der Waals surface area contributed by atoms with Gasteiger partial charge in [-0.25, -0.2) is 4.39 Å². The predicted molar refractivity (Wildman–Crippen MR) is 54.0 cm³/mol. The molecule has 94 valence electrons. The zero-order valence-corrected chi connectivity index (χ0v) is 8.86. The molecule has 1 aromatic rings. The van der Waals surface area contributed by atoms with E-state index in [-0.39, 0.29) is 12.2 Å². The van der Waals surface area contributed by atoms with Crippen LogP contribution in [0.25, 0.3) is 0 Å². The summed E-state index contributed by atoms with van der Waals surface area (Å²) in [4.78, 5) is 10.8. The highest BCUT2D eigenvalue weighted by molar-refractivity contribution is 5.80. The number of carbonyl (C=O) groups is 1. The molecule has 0 heterocycles.